The van der Waals surface area contributed by atoms with Crippen molar-refractivity contribution in [3.05, 3.63) is 52.9 Å². The van der Waals surface area contributed by atoms with Crippen LogP contribution in [0.15, 0.2) is 41.8 Å². The van der Waals surface area contributed by atoms with Gasteiger partial charge in [-0.1, -0.05) is 13.7 Å². The number of hydrogen-bond acceptors (Lipinski definition) is 13. The largest absolute Gasteiger partial charge is 0.376 e. The Morgan fingerprint density at radius 2 is 1.30 bits per heavy atom. The molecule has 4 atom stereocenters. The SMILES string of the molecule is [2H]C([2H])([2H])C([2H])([2H])[C@H]1CN(C(=O)C2(C#N)CC2)C[C@H]1Nc1c(C(N)=O)cnn2cc(Br)nc12.[2H]C([2H])([2H])n1cc(-c2cn3ncc(C(N)=O)c(N[C@@H]4CN(C(=O)C5(C#N)CC5)C[C@@H]4C([2H])([2H])C([2H])([2H])[2H])c3n2)cn1. The van der Waals surface area contributed by atoms with E-state index >= 15 is 0 Å². The summed E-state index contributed by atoms with van der Waals surface area (Å²) in [7, 11) is 0. The zero-order valence-corrected chi connectivity index (χ0v) is 33.5. The predicted molar refractivity (Wildman–Crippen MR) is 223 cm³/mol. The summed E-state index contributed by atoms with van der Waals surface area (Å²) in [4.78, 5) is 61.9. The molecule has 6 N–H and O–H groups in total. The highest BCUT2D eigenvalue weighted by Gasteiger charge is 2.55. The van der Waals surface area contributed by atoms with E-state index in [1.165, 1.54) is 43.6 Å². The van der Waals surface area contributed by atoms with Crippen LogP contribution in [0.5, 0.6) is 0 Å². The van der Waals surface area contributed by atoms with Gasteiger partial charge in [-0.25, -0.2) is 19.0 Å². The van der Waals surface area contributed by atoms with Crippen molar-refractivity contribution in [1.82, 2.24) is 48.8 Å². The number of likely N-dealkylation sites (tertiary alicyclic amines) is 2. The van der Waals surface area contributed by atoms with Crippen LogP contribution in [-0.2, 0) is 16.6 Å². The number of nitrogens with one attached hydrogen (secondary N) is 2. The topological polar surface area (TPSA) is 277 Å². The number of hydrogen-bond donors (Lipinski definition) is 4. The van der Waals surface area contributed by atoms with Crippen LogP contribution in [0.2, 0.25) is 0 Å². The monoisotopic (exact) mass is 905 g/mol. The Hall–Kier alpha value is -6.61. The number of carbonyl (C=O) groups is 4. The molecule has 4 aliphatic rings. The molecule has 9 rings (SSSR count). The first kappa shape index (κ1) is 28.0. The van der Waals surface area contributed by atoms with Gasteiger partial charge in [0.15, 0.2) is 11.3 Å². The fourth-order valence-electron chi connectivity index (χ4n) is 7.59. The second-order valence-corrected chi connectivity index (χ2v) is 16.1. The number of imidazole rings is 2. The predicted octanol–water partition coefficient (Wildman–Crippen LogP) is 2.72. The minimum atomic E-state index is -3.05. The Labute approximate surface area is 376 Å². The highest BCUT2D eigenvalue weighted by molar-refractivity contribution is 9.10. The van der Waals surface area contributed by atoms with Crippen molar-refractivity contribution >= 4 is 62.2 Å². The lowest BCUT2D eigenvalue weighted by Crippen LogP contribution is -2.36. The molecule has 316 valence electrons. The summed E-state index contributed by atoms with van der Waals surface area (Å²) < 4.78 is 107. The molecule has 2 saturated heterocycles. The van der Waals surface area contributed by atoms with Crippen molar-refractivity contribution in [1.29, 1.82) is 10.5 Å². The number of amides is 4. The van der Waals surface area contributed by atoms with Crippen LogP contribution >= 0.6 is 15.9 Å². The molecule has 7 heterocycles. The third-order valence-corrected chi connectivity index (χ3v) is 11.7. The Morgan fingerprint density at radius 1 is 0.787 bits per heavy atom. The van der Waals surface area contributed by atoms with Gasteiger partial charge in [0.25, 0.3) is 11.8 Å². The number of aromatic nitrogens is 8. The lowest BCUT2D eigenvalue weighted by molar-refractivity contribution is -0.134. The van der Waals surface area contributed by atoms with E-state index in [0.717, 1.165) is 10.9 Å². The van der Waals surface area contributed by atoms with E-state index in [1.807, 2.05) is 12.1 Å². The average Bonchev–Trinajstić information content (AvgIpc) is 3.81. The third kappa shape index (κ3) is 7.58. The molecule has 0 aromatic carbocycles. The van der Waals surface area contributed by atoms with Crippen LogP contribution in [0.1, 0.15) is 90.7 Å². The van der Waals surface area contributed by atoms with Crippen molar-refractivity contribution in [2.24, 2.45) is 41.1 Å². The number of halogens is 1. The van der Waals surface area contributed by atoms with Crippen LogP contribution in [0, 0.1) is 45.3 Å². The van der Waals surface area contributed by atoms with Gasteiger partial charge in [0.2, 0.25) is 11.8 Å². The molecule has 5 aromatic rings. The van der Waals surface area contributed by atoms with Crippen LogP contribution < -0.4 is 22.1 Å². The Morgan fingerprint density at radius 3 is 1.74 bits per heavy atom. The normalized spacial score (nSPS) is 26.2. The summed E-state index contributed by atoms with van der Waals surface area (Å²) in [5.74, 6) is -5.09. The number of carbonyl (C=O) groups excluding carboxylic acids is 4. The van der Waals surface area contributed by atoms with Crippen LogP contribution in [-0.4, -0.2) is 111 Å². The number of anilines is 2. The Balaban J connectivity index is 0.000000202. The molecule has 20 nitrogen and oxygen atoms in total. The number of primary amides is 2. The molecule has 4 fully saturated rings. The highest BCUT2D eigenvalue weighted by Crippen LogP contribution is 2.48. The first-order valence-electron chi connectivity index (χ1n) is 25.3. The maximum absolute atomic E-state index is 13.2. The maximum Gasteiger partial charge on any atom is 0.252 e. The molecule has 61 heavy (non-hydrogen) atoms. The van der Waals surface area contributed by atoms with Crippen molar-refractivity contribution in [3.63, 3.8) is 0 Å². The van der Waals surface area contributed by atoms with Crippen molar-refractivity contribution in [2.75, 3.05) is 36.8 Å². The average molecular weight is 907 g/mol. The summed E-state index contributed by atoms with van der Waals surface area (Å²) in [6.07, 6.45) is 4.05. The van der Waals surface area contributed by atoms with E-state index < -0.39 is 91.8 Å². The Bertz CT molecular complexity index is 3180. The molecule has 4 amide bonds. The minimum absolute atomic E-state index is 0.0192. The van der Waals surface area contributed by atoms with E-state index in [2.05, 4.69) is 51.8 Å². The van der Waals surface area contributed by atoms with Gasteiger partial charge >= 0.3 is 0 Å². The number of fused-ring (bicyclic) bond motifs is 2. The van der Waals surface area contributed by atoms with Gasteiger partial charge in [-0.05, 0) is 66.2 Å². The van der Waals surface area contributed by atoms with E-state index in [1.54, 1.807) is 6.20 Å². The van der Waals surface area contributed by atoms with E-state index in [9.17, 15) is 29.7 Å². The first-order chi connectivity index (χ1) is 34.3. The second-order valence-electron chi connectivity index (χ2n) is 15.3. The maximum atomic E-state index is 13.2. The first-order valence-corrected chi connectivity index (χ1v) is 19.6. The molecule has 21 heteroatoms. The zero-order chi connectivity index (χ0) is 54.5. The molecule has 2 aliphatic carbocycles. The number of aryl methyl sites for hydroxylation is 1. The third-order valence-electron chi connectivity index (χ3n) is 11.4. The number of nitrogens with two attached hydrogens (primary N) is 2. The van der Waals surface area contributed by atoms with Crippen LogP contribution in [0.3, 0.4) is 0 Å². The second kappa shape index (κ2) is 15.8. The van der Waals surface area contributed by atoms with Gasteiger partial charge in [-0.3, -0.25) is 23.9 Å². The van der Waals surface area contributed by atoms with Crippen molar-refractivity contribution < 1.29 is 37.0 Å². The van der Waals surface area contributed by atoms with Gasteiger partial charge in [-0.2, -0.15) is 25.8 Å². The lowest BCUT2D eigenvalue weighted by Gasteiger charge is -2.21. The lowest BCUT2D eigenvalue weighted by atomic mass is 10.0. The fraction of sp³-hybridized carbons (Fsp3) is 0.475. The summed E-state index contributed by atoms with van der Waals surface area (Å²) >= 11 is 3.23. The minimum Gasteiger partial charge on any atom is -0.376 e. The van der Waals surface area contributed by atoms with E-state index in [4.69, 9.17) is 29.3 Å². The molecule has 0 unspecified atom stereocenters. The van der Waals surface area contributed by atoms with Gasteiger partial charge in [0, 0.05) is 74.8 Å². The fourth-order valence-corrected chi connectivity index (χ4v) is 7.95. The van der Waals surface area contributed by atoms with Gasteiger partial charge < -0.3 is 31.9 Å². The molecule has 5 aromatic heterocycles. The molecular weight excluding hydrogens is 848 g/mol. The quantitative estimate of drug-likeness (QED) is 0.149. The molecule has 2 aliphatic heterocycles. The summed E-state index contributed by atoms with van der Waals surface area (Å²) in [6, 6.07) is 2.11. The highest BCUT2D eigenvalue weighted by atomic mass is 79.9. The van der Waals surface area contributed by atoms with Crippen LogP contribution in [0.25, 0.3) is 22.6 Å². The van der Waals surface area contributed by atoms with E-state index in [-0.39, 0.29) is 65.7 Å². The number of nitriles is 2. The van der Waals surface area contributed by atoms with Gasteiger partial charge in [0.05, 0.1) is 71.3 Å². The molecule has 0 bridgehead atoms. The van der Waals surface area contributed by atoms with Crippen molar-refractivity contribution in [3.8, 4) is 23.4 Å². The zero-order valence-electron chi connectivity index (χ0n) is 45.0. The van der Waals surface area contributed by atoms with Crippen molar-refractivity contribution in [2.45, 2.75) is 64.2 Å². The van der Waals surface area contributed by atoms with Crippen LogP contribution in [0.4, 0.5) is 11.4 Å². The summed E-state index contributed by atoms with van der Waals surface area (Å²) in [5.41, 5.74) is 9.65. The summed E-state index contributed by atoms with van der Waals surface area (Å²) in [5, 5.41) is 37.1. The summed E-state index contributed by atoms with van der Waals surface area (Å²) in [6.45, 7) is -9.21. The van der Waals surface area contributed by atoms with Gasteiger partial charge in [0.1, 0.15) is 15.4 Å². The van der Waals surface area contributed by atoms with Gasteiger partial charge in [-0.15, -0.1) is 0 Å². The molecular formula is C40H45BrN16O4. The van der Waals surface area contributed by atoms with E-state index in [0.29, 0.717) is 35.8 Å². The Kier molecular flexibility index (Phi) is 7.24. The molecule has 0 radical (unpaired) electrons. The standard InChI is InChI=1S/C22H25N9O2.C18H20BrN7O2/c1-3-13-9-30(21(33)22(12-23)4-5-22)10-16(13)27-18-15(19(24)32)7-26-31-11-17(28-20(18)31)14-6-25-29(2)8-14;1-2-10-6-25(17(28)18(9-20)3-4-18)7-12(10)23-14-11(15(21)27)5-22-26-8-13(19)24-16(14)26/h6-8,11,13,16,27H,3-5,9-10H2,1-2H3,(H2,24,32);5,8,10,12,23H,2-4,6-7H2,1H3,(H2,21,27)/t13-,16+;10-,12+/m00/s1/i1D3,2D3,3D2;1D3,2D2. The number of nitrogens with zero attached hydrogens (tertiary/aromatic N) is 12. The molecule has 0 spiro atoms. The smallest absolute Gasteiger partial charge is 0.252 e. The number of rotatable bonds is 11. The molecule has 2 saturated carbocycles.